The second kappa shape index (κ2) is 4.69. The van der Waals surface area contributed by atoms with Gasteiger partial charge >= 0.3 is 0 Å². The number of rotatable bonds is 5. The van der Waals surface area contributed by atoms with Crippen LogP contribution in [-0.4, -0.2) is 25.9 Å². The highest BCUT2D eigenvalue weighted by Gasteiger charge is 2.03. The van der Waals surface area contributed by atoms with Crippen LogP contribution < -0.4 is 11.1 Å². The highest BCUT2D eigenvalue weighted by atomic mass is 16.1. The van der Waals surface area contributed by atoms with Crippen molar-refractivity contribution in [2.45, 2.75) is 20.0 Å². The number of amides is 1. The molecule has 4 N–H and O–H groups in total. The van der Waals surface area contributed by atoms with Crippen molar-refractivity contribution in [3.8, 4) is 0 Å². The second-order valence-electron chi connectivity index (χ2n) is 3.77. The summed E-state index contributed by atoms with van der Waals surface area (Å²) in [6.07, 6.45) is 5.16. The van der Waals surface area contributed by atoms with Gasteiger partial charge in [-0.25, -0.2) is 0 Å². The number of hydrogen-bond acceptors (Lipinski definition) is 4. The molecule has 2 aromatic heterocycles. The summed E-state index contributed by atoms with van der Waals surface area (Å²) in [6.45, 7) is 2.71. The highest BCUT2D eigenvalue weighted by molar-refractivity contribution is 5.73. The van der Waals surface area contributed by atoms with E-state index in [1.807, 2.05) is 6.92 Å². The fraction of sp³-hybridized carbons (Fsp3) is 0.300. The fourth-order valence-corrected chi connectivity index (χ4v) is 1.45. The Bertz CT molecular complexity index is 514. The van der Waals surface area contributed by atoms with Crippen molar-refractivity contribution in [1.82, 2.24) is 20.0 Å². The summed E-state index contributed by atoms with van der Waals surface area (Å²) in [7, 11) is 0. The number of nitrogens with one attached hydrogen (secondary N) is 2. The van der Waals surface area contributed by atoms with Crippen molar-refractivity contribution < 1.29 is 4.79 Å². The van der Waals surface area contributed by atoms with Crippen molar-refractivity contribution in [2.24, 2.45) is 5.73 Å². The maximum Gasteiger partial charge on any atom is 0.239 e. The SMILES string of the molecule is Cc1[nH]ncc1CNc1cnn(CC(N)=O)c1. The van der Waals surface area contributed by atoms with E-state index in [4.69, 9.17) is 5.73 Å². The van der Waals surface area contributed by atoms with Crippen molar-refractivity contribution >= 4 is 11.6 Å². The normalized spacial score (nSPS) is 10.4. The number of hydrogen-bond donors (Lipinski definition) is 3. The molecule has 0 fully saturated rings. The van der Waals surface area contributed by atoms with Crippen molar-refractivity contribution in [3.05, 3.63) is 29.8 Å². The minimum absolute atomic E-state index is 0.0897. The molecule has 0 saturated carbocycles. The topological polar surface area (TPSA) is 102 Å². The molecule has 0 spiro atoms. The Morgan fingerprint density at radius 3 is 3.06 bits per heavy atom. The van der Waals surface area contributed by atoms with Crippen LogP contribution in [0.15, 0.2) is 18.6 Å². The molecule has 0 saturated heterocycles. The van der Waals surface area contributed by atoms with Gasteiger partial charge in [0.2, 0.25) is 5.91 Å². The van der Waals surface area contributed by atoms with Crippen molar-refractivity contribution in [1.29, 1.82) is 0 Å². The van der Waals surface area contributed by atoms with Crippen LogP contribution in [0.25, 0.3) is 0 Å². The van der Waals surface area contributed by atoms with E-state index in [2.05, 4.69) is 20.6 Å². The number of aromatic nitrogens is 4. The first-order valence-corrected chi connectivity index (χ1v) is 5.18. The lowest BCUT2D eigenvalue weighted by Crippen LogP contribution is -2.18. The zero-order valence-corrected chi connectivity index (χ0v) is 9.47. The molecule has 2 heterocycles. The second-order valence-corrected chi connectivity index (χ2v) is 3.77. The van der Waals surface area contributed by atoms with Crippen LogP contribution in [0.1, 0.15) is 11.3 Å². The van der Waals surface area contributed by atoms with E-state index in [9.17, 15) is 4.79 Å². The Kier molecular flexibility index (Phi) is 3.08. The van der Waals surface area contributed by atoms with Crippen LogP contribution >= 0.6 is 0 Å². The molecule has 0 radical (unpaired) electrons. The summed E-state index contributed by atoms with van der Waals surface area (Å²) in [5, 5.41) is 14.0. The molecule has 7 nitrogen and oxygen atoms in total. The molecule has 0 bridgehead atoms. The van der Waals surface area contributed by atoms with Gasteiger partial charge in [0.25, 0.3) is 0 Å². The van der Waals surface area contributed by atoms with Gasteiger partial charge in [-0.05, 0) is 6.92 Å². The van der Waals surface area contributed by atoms with Gasteiger partial charge in [-0.15, -0.1) is 0 Å². The minimum Gasteiger partial charge on any atom is -0.378 e. The number of carbonyl (C=O) groups is 1. The summed E-state index contributed by atoms with van der Waals surface area (Å²) in [6, 6.07) is 0. The lowest BCUT2D eigenvalue weighted by atomic mass is 10.2. The van der Waals surface area contributed by atoms with Crippen LogP contribution in [0.3, 0.4) is 0 Å². The first-order valence-electron chi connectivity index (χ1n) is 5.18. The number of primary amides is 1. The number of nitrogens with two attached hydrogens (primary N) is 1. The average Bonchev–Trinajstić information content (AvgIpc) is 2.84. The monoisotopic (exact) mass is 234 g/mol. The van der Waals surface area contributed by atoms with E-state index in [1.54, 1.807) is 18.6 Å². The number of carbonyl (C=O) groups excluding carboxylic acids is 1. The van der Waals surface area contributed by atoms with Crippen LogP contribution in [0.2, 0.25) is 0 Å². The molecule has 1 amide bonds. The summed E-state index contributed by atoms with van der Waals surface area (Å²) in [5.74, 6) is -0.412. The van der Waals surface area contributed by atoms with Gasteiger partial charge in [-0.2, -0.15) is 10.2 Å². The highest BCUT2D eigenvalue weighted by Crippen LogP contribution is 2.09. The van der Waals surface area contributed by atoms with Crippen molar-refractivity contribution in [3.63, 3.8) is 0 Å². The van der Waals surface area contributed by atoms with Gasteiger partial charge in [0.05, 0.1) is 18.1 Å². The molecule has 0 unspecified atom stereocenters. The molecule has 7 heteroatoms. The molecule has 2 aromatic rings. The largest absolute Gasteiger partial charge is 0.378 e. The third-order valence-corrected chi connectivity index (χ3v) is 2.37. The first kappa shape index (κ1) is 11.2. The lowest BCUT2D eigenvalue weighted by molar-refractivity contribution is -0.118. The Labute approximate surface area is 98.0 Å². The lowest BCUT2D eigenvalue weighted by Gasteiger charge is -2.01. The Balaban J connectivity index is 1.93. The van der Waals surface area contributed by atoms with Crippen LogP contribution in [0, 0.1) is 6.92 Å². The van der Waals surface area contributed by atoms with Gasteiger partial charge in [0.15, 0.2) is 0 Å². The average molecular weight is 234 g/mol. The van der Waals surface area contributed by atoms with Crippen molar-refractivity contribution in [2.75, 3.05) is 5.32 Å². The molecule has 0 atom stereocenters. The van der Waals surface area contributed by atoms with Gasteiger partial charge in [-0.3, -0.25) is 14.6 Å². The Hall–Kier alpha value is -2.31. The van der Waals surface area contributed by atoms with Gasteiger partial charge < -0.3 is 11.1 Å². The molecule has 90 valence electrons. The van der Waals surface area contributed by atoms with E-state index in [0.717, 1.165) is 16.9 Å². The van der Waals surface area contributed by atoms with E-state index in [1.165, 1.54) is 4.68 Å². The molecule has 17 heavy (non-hydrogen) atoms. The number of aryl methyl sites for hydroxylation is 1. The molecule has 0 aliphatic rings. The maximum atomic E-state index is 10.7. The van der Waals surface area contributed by atoms with E-state index >= 15 is 0 Å². The van der Waals surface area contributed by atoms with Gasteiger partial charge in [-0.1, -0.05) is 0 Å². The summed E-state index contributed by atoms with van der Waals surface area (Å²) >= 11 is 0. The van der Waals surface area contributed by atoms with Gasteiger partial charge in [0.1, 0.15) is 6.54 Å². The predicted octanol–water partition coefficient (Wildman–Crippen LogP) is 0.0120. The van der Waals surface area contributed by atoms with E-state index < -0.39 is 5.91 Å². The zero-order chi connectivity index (χ0) is 12.3. The fourth-order valence-electron chi connectivity index (χ4n) is 1.45. The van der Waals surface area contributed by atoms with Crippen LogP contribution in [-0.2, 0) is 17.9 Å². The molecular weight excluding hydrogens is 220 g/mol. The summed E-state index contributed by atoms with van der Waals surface area (Å²) < 4.78 is 1.49. The number of nitrogens with zero attached hydrogens (tertiary/aromatic N) is 3. The third kappa shape index (κ3) is 2.83. The van der Waals surface area contributed by atoms with Gasteiger partial charge in [0, 0.05) is 24.0 Å². The van der Waals surface area contributed by atoms with E-state index in [0.29, 0.717) is 6.54 Å². The molecule has 0 aliphatic carbocycles. The maximum absolute atomic E-state index is 10.7. The predicted molar refractivity (Wildman–Crippen MR) is 62.1 cm³/mol. The third-order valence-electron chi connectivity index (χ3n) is 2.37. The molecular formula is C10H14N6O. The number of anilines is 1. The molecule has 0 aliphatic heterocycles. The number of aromatic amines is 1. The summed E-state index contributed by atoms with van der Waals surface area (Å²) in [5.41, 5.74) is 8.03. The zero-order valence-electron chi connectivity index (χ0n) is 9.47. The van der Waals surface area contributed by atoms with E-state index in [-0.39, 0.29) is 6.54 Å². The number of H-pyrrole nitrogens is 1. The quantitative estimate of drug-likeness (QED) is 0.678. The minimum atomic E-state index is -0.412. The smallest absolute Gasteiger partial charge is 0.239 e. The standard InChI is InChI=1S/C10H14N6O/c1-7-8(3-13-15-7)2-12-9-4-14-16(5-9)6-10(11)17/h3-5,12H,2,6H2,1H3,(H2,11,17)(H,13,15). The van der Waals surface area contributed by atoms with Crippen LogP contribution in [0.4, 0.5) is 5.69 Å². The molecule has 0 aromatic carbocycles. The van der Waals surface area contributed by atoms with Crippen LogP contribution in [0.5, 0.6) is 0 Å². The summed E-state index contributed by atoms with van der Waals surface area (Å²) in [4.78, 5) is 10.7. The Morgan fingerprint density at radius 2 is 2.41 bits per heavy atom. The Morgan fingerprint density at radius 1 is 1.59 bits per heavy atom. The molecule has 2 rings (SSSR count). The first-order chi connectivity index (χ1) is 8.15.